The molecule has 0 fully saturated rings. The van der Waals surface area contributed by atoms with Gasteiger partial charge in [-0.1, -0.05) is 18.2 Å². The molecule has 16 heavy (non-hydrogen) atoms. The first-order valence-corrected chi connectivity index (χ1v) is 5.16. The van der Waals surface area contributed by atoms with E-state index in [1.54, 1.807) is 0 Å². The average Bonchev–Trinajstić information content (AvgIpc) is 2.72. The van der Waals surface area contributed by atoms with E-state index >= 15 is 0 Å². The molecule has 5 heteroatoms. The maximum atomic E-state index is 11.8. The van der Waals surface area contributed by atoms with E-state index in [9.17, 15) is 4.79 Å². The molecule has 0 saturated carbocycles. The molecule has 1 atom stereocenters. The van der Waals surface area contributed by atoms with Gasteiger partial charge in [0, 0.05) is 18.0 Å². The van der Waals surface area contributed by atoms with Crippen molar-refractivity contribution in [1.29, 1.82) is 0 Å². The Kier molecular flexibility index (Phi) is 2.87. The molecule has 0 aliphatic rings. The number of para-hydroxylation sites is 1. The van der Waals surface area contributed by atoms with Crippen LogP contribution in [0.3, 0.4) is 0 Å². The fourth-order valence-corrected chi connectivity index (χ4v) is 1.49. The standard InChI is InChI=1S/C11H14N4O/c1-7(6-12)13-11(16)10-8-4-2-3-5-9(8)14-15-10/h2-5,7H,6,12H2,1H3,(H,13,16)(H,14,15). The van der Waals surface area contributed by atoms with E-state index in [2.05, 4.69) is 15.5 Å². The van der Waals surface area contributed by atoms with Crippen LogP contribution in [0.2, 0.25) is 0 Å². The summed E-state index contributed by atoms with van der Waals surface area (Å²) in [6.45, 7) is 2.26. The number of nitrogens with zero attached hydrogens (tertiary/aromatic N) is 1. The molecule has 0 saturated heterocycles. The molecule has 1 amide bonds. The molecular formula is C11H14N4O. The van der Waals surface area contributed by atoms with Crippen molar-refractivity contribution in [3.05, 3.63) is 30.0 Å². The Morgan fingerprint density at radius 1 is 1.56 bits per heavy atom. The quantitative estimate of drug-likeness (QED) is 0.706. The van der Waals surface area contributed by atoms with Crippen LogP contribution in [0.1, 0.15) is 17.4 Å². The minimum absolute atomic E-state index is 0.0528. The Labute approximate surface area is 93.0 Å². The van der Waals surface area contributed by atoms with Gasteiger partial charge in [0.15, 0.2) is 5.69 Å². The van der Waals surface area contributed by atoms with E-state index in [4.69, 9.17) is 5.73 Å². The summed E-state index contributed by atoms with van der Waals surface area (Å²) in [4.78, 5) is 11.8. The van der Waals surface area contributed by atoms with E-state index < -0.39 is 0 Å². The van der Waals surface area contributed by atoms with Gasteiger partial charge in [-0.3, -0.25) is 9.89 Å². The number of nitrogens with two attached hydrogens (primary N) is 1. The summed E-state index contributed by atoms with van der Waals surface area (Å²) in [6.07, 6.45) is 0. The second kappa shape index (κ2) is 4.32. The summed E-state index contributed by atoms with van der Waals surface area (Å²) >= 11 is 0. The summed E-state index contributed by atoms with van der Waals surface area (Å²) in [7, 11) is 0. The van der Waals surface area contributed by atoms with E-state index in [0.717, 1.165) is 10.9 Å². The van der Waals surface area contributed by atoms with Crippen molar-refractivity contribution < 1.29 is 4.79 Å². The fourth-order valence-electron chi connectivity index (χ4n) is 1.49. The Balaban J connectivity index is 2.30. The summed E-state index contributed by atoms with van der Waals surface area (Å²) in [6, 6.07) is 7.46. The number of carbonyl (C=O) groups excluding carboxylic acids is 1. The van der Waals surface area contributed by atoms with E-state index in [-0.39, 0.29) is 11.9 Å². The van der Waals surface area contributed by atoms with Gasteiger partial charge in [-0.15, -0.1) is 0 Å². The third kappa shape index (κ3) is 1.90. The summed E-state index contributed by atoms with van der Waals surface area (Å²) < 4.78 is 0. The van der Waals surface area contributed by atoms with Gasteiger partial charge in [-0.05, 0) is 13.0 Å². The van der Waals surface area contributed by atoms with Gasteiger partial charge in [0.05, 0.1) is 5.52 Å². The summed E-state index contributed by atoms with van der Waals surface area (Å²) in [5.41, 5.74) is 6.71. The number of aromatic amines is 1. The van der Waals surface area contributed by atoms with Gasteiger partial charge in [0.2, 0.25) is 0 Å². The van der Waals surface area contributed by atoms with Crippen LogP contribution in [0.25, 0.3) is 10.9 Å². The molecule has 84 valence electrons. The highest BCUT2D eigenvalue weighted by molar-refractivity contribution is 6.04. The Hall–Kier alpha value is -1.88. The third-order valence-electron chi connectivity index (χ3n) is 2.42. The molecule has 4 N–H and O–H groups in total. The number of rotatable bonds is 3. The van der Waals surface area contributed by atoms with Crippen LogP contribution in [-0.4, -0.2) is 28.7 Å². The number of fused-ring (bicyclic) bond motifs is 1. The van der Waals surface area contributed by atoms with Crippen LogP contribution < -0.4 is 11.1 Å². The second-order valence-corrected chi connectivity index (χ2v) is 3.73. The Bertz CT molecular complexity index is 505. The van der Waals surface area contributed by atoms with Gasteiger partial charge in [0.1, 0.15) is 0 Å². The summed E-state index contributed by atoms with van der Waals surface area (Å²) in [5, 5.41) is 10.4. The Morgan fingerprint density at radius 2 is 2.31 bits per heavy atom. The third-order valence-corrected chi connectivity index (χ3v) is 2.42. The van der Waals surface area contributed by atoms with Crippen LogP contribution in [0, 0.1) is 0 Å². The maximum absolute atomic E-state index is 11.8. The van der Waals surface area contributed by atoms with Crippen molar-refractivity contribution in [2.24, 2.45) is 5.73 Å². The zero-order valence-corrected chi connectivity index (χ0v) is 9.03. The normalized spacial score (nSPS) is 12.6. The first-order valence-electron chi connectivity index (χ1n) is 5.16. The molecule has 0 radical (unpaired) electrons. The minimum Gasteiger partial charge on any atom is -0.347 e. The fraction of sp³-hybridized carbons (Fsp3) is 0.273. The molecule has 1 heterocycles. The molecule has 5 nitrogen and oxygen atoms in total. The minimum atomic E-state index is -0.199. The van der Waals surface area contributed by atoms with Gasteiger partial charge >= 0.3 is 0 Å². The van der Waals surface area contributed by atoms with Crippen molar-refractivity contribution >= 4 is 16.8 Å². The van der Waals surface area contributed by atoms with Crippen molar-refractivity contribution in [3.63, 3.8) is 0 Å². The van der Waals surface area contributed by atoms with Crippen molar-refractivity contribution in [2.45, 2.75) is 13.0 Å². The molecular weight excluding hydrogens is 204 g/mol. The predicted octanol–water partition coefficient (Wildman–Crippen LogP) is 0.640. The Morgan fingerprint density at radius 3 is 3.06 bits per heavy atom. The lowest BCUT2D eigenvalue weighted by atomic mass is 10.2. The lowest BCUT2D eigenvalue weighted by Gasteiger charge is -2.09. The zero-order chi connectivity index (χ0) is 11.5. The SMILES string of the molecule is CC(CN)NC(=O)c1n[nH]c2ccccc12. The van der Waals surface area contributed by atoms with E-state index in [1.165, 1.54) is 0 Å². The number of nitrogens with one attached hydrogen (secondary N) is 2. The first kappa shape index (κ1) is 10.6. The van der Waals surface area contributed by atoms with Crippen LogP contribution in [-0.2, 0) is 0 Å². The number of hydrogen-bond donors (Lipinski definition) is 3. The van der Waals surface area contributed by atoms with Gasteiger partial charge in [-0.2, -0.15) is 5.10 Å². The van der Waals surface area contributed by atoms with Crippen LogP contribution in [0.5, 0.6) is 0 Å². The average molecular weight is 218 g/mol. The largest absolute Gasteiger partial charge is 0.347 e. The number of hydrogen-bond acceptors (Lipinski definition) is 3. The smallest absolute Gasteiger partial charge is 0.272 e. The lowest BCUT2D eigenvalue weighted by Crippen LogP contribution is -2.38. The van der Waals surface area contributed by atoms with Crippen molar-refractivity contribution in [1.82, 2.24) is 15.5 Å². The van der Waals surface area contributed by atoms with Crippen LogP contribution >= 0.6 is 0 Å². The van der Waals surface area contributed by atoms with E-state index in [0.29, 0.717) is 12.2 Å². The highest BCUT2D eigenvalue weighted by Crippen LogP contribution is 2.14. The molecule has 0 aliphatic heterocycles. The molecule has 1 aromatic heterocycles. The number of amides is 1. The molecule has 0 aliphatic carbocycles. The molecule has 2 rings (SSSR count). The molecule has 0 spiro atoms. The van der Waals surface area contributed by atoms with Crippen molar-refractivity contribution in [3.8, 4) is 0 Å². The van der Waals surface area contributed by atoms with Crippen LogP contribution in [0.15, 0.2) is 24.3 Å². The predicted molar refractivity (Wildman–Crippen MR) is 62.1 cm³/mol. The topological polar surface area (TPSA) is 83.8 Å². The number of carbonyl (C=O) groups is 1. The maximum Gasteiger partial charge on any atom is 0.272 e. The van der Waals surface area contributed by atoms with Crippen molar-refractivity contribution in [2.75, 3.05) is 6.54 Å². The first-order chi connectivity index (χ1) is 7.72. The molecule has 1 unspecified atom stereocenters. The summed E-state index contributed by atoms with van der Waals surface area (Å²) in [5.74, 6) is -0.199. The van der Waals surface area contributed by atoms with Gasteiger partial charge < -0.3 is 11.1 Å². The molecule has 2 aromatic rings. The number of H-pyrrole nitrogens is 1. The molecule has 0 bridgehead atoms. The molecule has 1 aromatic carbocycles. The second-order valence-electron chi connectivity index (χ2n) is 3.73. The highest BCUT2D eigenvalue weighted by atomic mass is 16.2. The number of aromatic nitrogens is 2. The van der Waals surface area contributed by atoms with Gasteiger partial charge in [0.25, 0.3) is 5.91 Å². The number of benzene rings is 1. The van der Waals surface area contributed by atoms with Gasteiger partial charge in [-0.25, -0.2) is 0 Å². The van der Waals surface area contributed by atoms with E-state index in [1.807, 2.05) is 31.2 Å². The lowest BCUT2D eigenvalue weighted by molar-refractivity contribution is 0.0938. The zero-order valence-electron chi connectivity index (χ0n) is 9.03. The monoisotopic (exact) mass is 218 g/mol. The van der Waals surface area contributed by atoms with Crippen LogP contribution in [0.4, 0.5) is 0 Å². The highest BCUT2D eigenvalue weighted by Gasteiger charge is 2.14.